The molecule has 6 heteroatoms. The molecular weight excluding hydrogens is 311 g/mol. The lowest BCUT2D eigenvalue weighted by Crippen LogP contribution is -2.32. The first-order chi connectivity index (χ1) is 7.16. The molecule has 0 saturated carbocycles. The summed E-state index contributed by atoms with van der Waals surface area (Å²) < 4.78 is 7.31. The van der Waals surface area contributed by atoms with Crippen LogP contribution in [0.3, 0.4) is 0 Å². The summed E-state index contributed by atoms with van der Waals surface area (Å²) in [5.41, 5.74) is -0.660. The Bertz CT molecular complexity index is 459. The van der Waals surface area contributed by atoms with Crippen molar-refractivity contribution < 1.29 is 4.74 Å². The maximum absolute atomic E-state index is 11.4. The summed E-state index contributed by atoms with van der Waals surface area (Å²) in [6.07, 6.45) is 2.57. The Morgan fingerprint density at radius 2 is 2.40 bits per heavy atom. The summed E-state index contributed by atoms with van der Waals surface area (Å²) in [7, 11) is 0. The Balaban J connectivity index is 2.24. The van der Waals surface area contributed by atoms with Gasteiger partial charge in [-0.1, -0.05) is 0 Å². The number of nitrogens with one attached hydrogen (secondary N) is 1. The molecule has 1 saturated heterocycles. The van der Waals surface area contributed by atoms with Gasteiger partial charge in [0, 0.05) is 25.3 Å². The van der Waals surface area contributed by atoms with E-state index in [0.717, 1.165) is 13.0 Å². The lowest BCUT2D eigenvalue weighted by Gasteiger charge is -2.09. The molecule has 0 amide bonds. The van der Waals surface area contributed by atoms with Crippen molar-refractivity contribution in [2.45, 2.75) is 13.0 Å². The Kier molecular flexibility index (Phi) is 3.25. The third-order valence-electron chi connectivity index (χ3n) is 2.45. The van der Waals surface area contributed by atoms with Gasteiger partial charge in [-0.25, -0.2) is 4.79 Å². The van der Waals surface area contributed by atoms with Crippen molar-refractivity contribution in [3.8, 4) is 0 Å². The van der Waals surface area contributed by atoms with E-state index >= 15 is 0 Å². The minimum atomic E-state index is -0.340. The molecule has 0 aliphatic carbocycles. The number of hydrogen-bond acceptors (Lipinski definition) is 3. The predicted octanol–water partition coefficient (Wildman–Crippen LogP) is 0.178. The van der Waals surface area contributed by atoms with E-state index in [1.807, 2.05) is 22.6 Å². The highest BCUT2D eigenvalue weighted by Crippen LogP contribution is 2.13. The molecule has 0 aromatic carbocycles. The van der Waals surface area contributed by atoms with Crippen molar-refractivity contribution in [1.29, 1.82) is 0 Å². The van der Waals surface area contributed by atoms with Crippen LogP contribution < -0.4 is 11.2 Å². The van der Waals surface area contributed by atoms with E-state index in [0.29, 0.717) is 22.6 Å². The fourth-order valence-corrected chi connectivity index (χ4v) is 2.09. The van der Waals surface area contributed by atoms with Crippen LogP contribution in [-0.2, 0) is 11.3 Å². The molecule has 1 N–H and O–H groups in total. The van der Waals surface area contributed by atoms with Crippen molar-refractivity contribution in [3.63, 3.8) is 0 Å². The molecule has 1 aromatic rings. The van der Waals surface area contributed by atoms with Crippen LogP contribution in [0.15, 0.2) is 15.8 Å². The topological polar surface area (TPSA) is 64.1 Å². The summed E-state index contributed by atoms with van der Waals surface area (Å²) in [4.78, 5) is 24.9. The van der Waals surface area contributed by atoms with Gasteiger partial charge in [0.15, 0.2) is 0 Å². The van der Waals surface area contributed by atoms with E-state index in [-0.39, 0.29) is 11.2 Å². The van der Waals surface area contributed by atoms with Crippen LogP contribution in [0, 0.1) is 9.49 Å². The van der Waals surface area contributed by atoms with E-state index in [9.17, 15) is 9.59 Å². The van der Waals surface area contributed by atoms with Crippen molar-refractivity contribution in [3.05, 3.63) is 30.6 Å². The monoisotopic (exact) mass is 322 g/mol. The van der Waals surface area contributed by atoms with Crippen LogP contribution in [0.2, 0.25) is 0 Å². The first kappa shape index (κ1) is 10.9. The van der Waals surface area contributed by atoms with Gasteiger partial charge in [0.25, 0.3) is 5.56 Å². The fourth-order valence-electron chi connectivity index (χ4n) is 1.62. The summed E-state index contributed by atoms with van der Waals surface area (Å²) >= 11 is 1.92. The number of halogens is 1. The highest BCUT2D eigenvalue weighted by molar-refractivity contribution is 14.1. The molecule has 1 aromatic heterocycles. The van der Waals surface area contributed by atoms with Crippen LogP contribution in [-0.4, -0.2) is 22.8 Å². The first-order valence-electron chi connectivity index (χ1n) is 4.74. The van der Waals surface area contributed by atoms with Crippen LogP contribution in [0.1, 0.15) is 6.42 Å². The fraction of sp³-hybridized carbons (Fsp3) is 0.556. The van der Waals surface area contributed by atoms with Gasteiger partial charge in [-0.15, -0.1) is 0 Å². The SMILES string of the molecule is O=c1[nH]c(=O)n(CC2CCOC2)cc1I. The van der Waals surface area contributed by atoms with E-state index < -0.39 is 0 Å². The van der Waals surface area contributed by atoms with Crippen LogP contribution >= 0.6 is 22.6 Å². The normalized spacial score (nSPS) is 20.7. The second-order valence-electron chi connectivity index (χ2n) is 3.62. The number of hydrogen-bond donors (Lipinski definition) is 1. The molecule has 1 unspecified atom stereocenters. The quantitative estimate of drug-likeness (QED) is 0.790. The standard InChI is InChI=1S/C9H11IN2O3/c10-7-4-12(9(14)11-8(7)13)3-6-1-2-15-5-6/h4,6H,1-3,5H2,(H,11,13,14). The Morgan fingerprint density at radius 3 is 3.07 bits per heavy atom. The minimum absolute atomic E-state index is 0.320. The molecule has 2 heterocycles. The van der Waals surface area contributed by atoms with Crippen molar-refractivity contribution >= 4 is 22.6 Å². The molecule has 0 bridgehead atoms. The third-order valence-corrected chi connectivity index (χ3v) is 3.21. The zero-order valence-corrected chi connectivity index (χ0v) is 10.2. The second-order valence-corrected chi connectivity index (χ2v) is 4.78. The van der Waals surface area contributed by atoms with Gasteiger partial charge in [0.1, 0.15) is 0 Å². The summed E-state index contributed by atoms with van der Waals surface area (Å²) in [6.45, 7) is 2.08. The lowest BCUT2D eigenvalue weighted by atomic mass is 10.1. The van der Waals surface area contributed by atoms with Gasteiger partial charge >= 0.3 is 5.69 Å². The number of H-pyrrole nitrogens is 1. The number of nitrogens with zero attached hydrogens (tertiary/aromatic N) is 1. The van der Waals surface area contributed by atoms with Crippen LogP contribution in [0.4, 0.5) is 0 Å². The number of aromatic amines is 1. The van der Waals surface area contributed by atoms with E-state index in [2.05, 4.69) is 4.98 Å². The Labute approximate surface area is 99.6 Å². The maximum Gasteiger partial charge on any atom is 0.328 e. The Morgan fingerprint density at radius 1 is 1.60 bits per heavy atom. The second kappa shape index (κ2) is 4.48. The zero-order valence-electron chi connectivity index (χ0n) is 8.03. The molecule has 15 heavy (non-hydrogen) atoms. The molecule has 1 aliphatic heterocycles. The zero-order chi connectivity index (χ0) is 10.8. The smallest absolute Gasteiger partial charge is 0.328 e. The van der Waals surface area contributed by atoms with Crippen molar-refractivity contribution in [2.75, 3.05) is 13.2 Å². The van der Waals surface area contributed by atoms with E-state index in [4.69, 9.17) is 4.74 Å². The summed E-state index contributed by atoms with van der Waals surface area (Å²) in [5.74, 6) is 0.379. The average Bonchev–Trinajstić information content (AvgIpc) is 2.67. The molecule has 5 nitrogen and oxygen atoms in total. The number of aromatic nitrogens is 2. The summed E-state index contributed by atoms with van der Waals surface area (Å²) in [5, 5.41) is 0. The molecule has 1 aliphatic rings. The molecular formula is C9H11IN2O3. The largest absolute Gasteiger partial charge is 0.381 e. The molecule has 1 atom stereocenters. The predicted molar refractivity (Wildman–Crippen MR) is 63.0 cm³/mol. The van der Waals surface area contributed by atoms with Gasteiger partial charge in [-0.05, 0) is 29.0 Å². The van der Waals surface area contributed by atoms with Gasteiger partial charge < -0.3 is 4.74 Å². The Hall–Kier alpha value is -0.630. The lowest BCUT2D eigenvalue weighted by molar-refractivity contribution is 0.182. The summed E-state index contributed by atoms with van der Waals surface area (Å²) in [6, 6.07) is 0. The molecule has 0 radical (unpaired) electrons. The highest BCUT2D eigenvalue weighted by Gasteiger charge is 2.16. The van der Waals surface area contributed by atoms with Crippen molar-refractivity contribution in [2.24, 2.45) is 5.92 Å². The highest BCUT2D eigenvalue weighted by atomic mass is 127. The van der Waals surface area contributed by atoms with E-state index in [1.54, 1.807) is 10.8 Å². The van der Waals surface area contributed by atoms with E-state index in [1.165, 1.54) is 0 Å². The average molecular weight is 322 g/mol. The first-order valence-corrected chi connectivity index (χ1v) is 5.81. The maximum atomic E-state index is 11.4. The molecule has 1 fully saturated rings. The number of ether oxygens (including phenoxy) is 1. The van der Waals surface area contributed by atoms with Crippen molar-refractivity contribution in [1.82, 2.24) is 9.55 Å². The molecule has 0 spiro atoms. The van der Waals surface area contributed by atoms with Crippen LogP contribution in [0.5, 0.6) is 0 Å². The van der Waals surface area contributed by atoms with Crippen LogP contribution in [0.25, 0.3) is 0 Å². The third kappa shape index (κ3) is 2.49. The van der Waals surface area contributed by atoms with Gasteiger partial charge in [-0.2, -0.15) is 0 Å². The molecule has 2 rings (SSSR count). The molecule has 82 valence electrons. The van der Waals surface area contributed by atoms with Gasteiger partial charge in [0.05, 0.1) is 10.2 Å². The van der Waals surface area contributed by atoms with Gasteiger partial charge in [0.2, 0.25) is 0 Å². The van der Waals surface area contributed by atoms with Gasteiger partial charge in [-0.3, -0.25) is 14.3 Å². The minimum Gasteiger partial charge on any atom is -0.381 e. The number of rotatable bonds is 2.